The average Bonchev–Trinajstić information content (AvgIpc) is 2.10. The molecule has 0 bridgehead atoms. The summed E-state index contributed by atoms with van der Waals surface area (Å²) < 4.78 is 1.71. The first kappa shape index (κ1) is 6.10. The number of aryl methyl sites for hydroxylation is 2. The number of anilines is 1. The Labute approximate surface area is 53.6 Å². The van der Waals surface area contributed by atoms with Gasteiger partial charge in [0, 0.05) is 13.2 Å². The van der Waals surface area contributed by atoms with Crippen molar-refractivity contribution in [3.8, 4) is 0 Å². The Morgan fingerprint density at radius 2 is 2.44 bits per heavy atom. The van der Waals surface area contributed by atoms with Gasteiger partial charge in [0.2, 0.25) is 0 Å². The number of nitrogen functional groups attached to an aromatic ring is 1. The van der Waals surface area contributed by atoms with Crippen LogP contribution in [0, 0.1) is 6.92 Å². The molecule has 50 valence electrons. The number of hydrazine groups is 1. The van der Waals surface area contributed by atoms with Crippen LogP contribution < -0.4 is 11.3 Å². The average molecular weight is 126 g/mol. The Kier molecular flexibility index (Phi) is 1.40. The third kappa shape index (κ3) is 1.02. The lowest BCUT2D eigenvalue weighted by atomic mass is 10.4. The highest BCUT2D eigenvalue weighted by atomic mass is 15.3. The molecule has 0 atom stereocenters. The third-order valence-corrected chi connectivity index (χ3v) is 1.17. The SMILES string of the molecule is Cc1nn(C)cc1NN. The number of hydrogen-bond acceptors (Lipinski definition) is 3. The molecule has 0 saturated carbocycles. The zero-order valence-corrected chi connectivity index (χ0v) is 5.55. The van der Waals surface area contributed by atoms with Crippen LogP contribution in [0.1, 0.15) is 5.69 Å². The molecule has 0 saturated heterocycles. The van der Waals surface area contributed by atoms with Gasteiger partial charge in [-0.25, -0.2) is 0 Å². The molecule has 0 aliphatic carbocycles. The van der Waals surface area contributed by atoms with E-state index in [1.54, 1.807) is 4.68 Å². The van der Waals surface area contributed by atoms with Gasteiger partial charge < -0.3 is 5.43 Å². The molecular weight excluding hydrogens is 116 g/mol. The van der Waals surface area contributed by atoms with E-state index >= 15 is 0 Å². The van der Waals surface area contributed by atoms with Crippen molar-refractivity contribution in [2.45, 2.75) is 6.92 Å². The van der Waals surface area contributed by atoms with E-state index in [2.05, 4.69) is 10.5 Å². The molecule has 1 aromatic heterocycles. The quantitative estimate of drug-likeness (QED) is 0.412. The van der Waals surface area contributed by atoms with Crippen LogP contribution in [0.2, 0.25) is 0 Å². The number of hydrogen-bond donors (Lipinski definition) is 2. The van der Waals surface area contributed by atoms with Crippen LogP contribution in [0.5, 0.6) is 0 Å². The summed E-state index contributed by atoms with van der Waals surface area (Å²) in [7, 11) is 1.86. The maximum atomic E-state index is 5.16. The summed E-state index contributed by atoms with van der Waals surface area (Å²) in [5.41, 5.74) is 4.32. The van der Waals surface area contributed by atoms with Crippen molar-refractivity contribution in [3.63, 3.8) is 0 Å². The predicted molar refractivity (Wildman–Crippen MR) is 35.8 cm³/mol. The number of nitrogens with one attached hydrogen (secondary N) is 1. The van der Waals surface area contributed by atoms with E-state index in [-0.39, 0.29) is 0 Å². The minimum atomic E-state index is 0.873. The lowest BCUT2D eigenvalue weighted by Crippen LogP contribution is -2.06. The van der Waals surface area contributed by atoms with Gasteiger partial charge in [-0.2, -0.15) is 5.10 Å². The Hall–Kier alpha value is -1.03. The molecular formula is C5H10N4. The van der Waals surface area contributed by atoms with Gasteiger partial charge in [0.25, 0.3) is 0 Å². The van der Waals surface area contributed by atoms with Crippen LogP contribution in [-0.4, -0.2) is 9.78 Å². The van der Waals surface area contributed by atoms with Crippen LogP contribution in [0.25, 0.3) is 0 Å². The topological polar surface area (TPSA) is 55.9 Å². The zero-order valence-electron chi connectivity index (χ0n) is 5.55. The maximum Gasteiger partial charge on any atom is 0.0898 e. The first-order chi connectivity index (χ1) is 4.24. The largest absolute Gasteiger partial charge is 0.321 e. The highest BCUT2D eigenvalue weighted by molar-refractivity contribution is 5.43. The van der Waals surface area contributed by atoms with E-state index in [9.17, 15) is 0 Å². The van der Waals surface area contributed by atoms with Crippen molar-refractivity contribution in [1.29, 1.82) is 0 Å². The van der Waals surface area contributed by atoms with Crippen LogP contribution in [0.4, 0.5) is 5.69 Å². The van der Waals surface area contributed by atoms with E-state index in [0.29, 0.717) is 0 Å². The van der Waals surface area contributed by atoms with Crippen LogP contribution in [0.15, 0.2) is 6.20 Å². The third-order valence-electron chi connectivity index (χ3n) is 1.17. The van der Waals surface area contributed by atoms with Crippen molar-refractivity contribution in [1.82, 2.24) is 9.78 Å². The lowest BCUT2D eigenvalue weighted by Gasteiger charge is -1.90. The smallest absolute Gasteiger partial charge is 0.0898 e. The second-order valence-corrected chi connectivity index (χ2v) is 1.95. The van der Waals surface area contributed by atoms with Crippen LogP contribution in [-0.2, 0) is 7.05 Å². The van der Waals surface area contributed by atoms with Crippen molar-refractivity contribution >= 4 is 5.69 Å². The Morgan fingerprint density at radius 1 is 1.78 bits per heavy atom. The summed E-state index contributed by atoms with van der Waals surface area (Å²) in [6.07, 6.45) is 1.83. The van der Waals surface area contributed by atoms with Gasteiger partial charge in [0.1, 0.15) is 0 Å². The van der Waals surface area contributed by atoms with Crippen LogP contribution in [0.3, 0.4) is 0 Å². The Morgan fingerprint density at radius 3 is 2.67 bits per heavy atom. The van der Waals surface area contributed by atoms with Crippen molar-refractivity contribution in [2.24, 2.45) is 12.9 Å². The van der Waals surface area contributed by atoms with Crippen molar-refractivity contribution < 1.29 is 0 Å². The van der Waals surface area contributed by atoms with E-state index in [0.717, 1.165) is 11.4 Å². The van der Waals surface area contributed by atoms with Gasteiger partial charge in [-0.05, 0) is 6.92 Å². The Bertz CT molecular complexity index is 203. The summed E-state index contributed by atoms with van der Waals surface area (Å²) in [4.78, 5) is 0. The molecule has 3 N–H and O–H groups in total. The molecule has 0 fully saturated rings. The summed E-state index contributed by atoms with van der Waals surface area (Å²) in [5, 5.41) is 4.06. The number of nitrogens with zero attached hydrogens (tertiary/aromatic N) is 2. The summed E-state index contributed by atoms with van der Waals surface area (Å²) >= 11 is 0. The monoisotopic (exact) mass is 126 g/mol. The highest BCUT2D eigenvalue weighted by Gasteiger charge is 1.97. The van der Waals surface area contributed by atoms with Gasteiger partial charge in [-0.15, -0.1) is 0 Å². The van der Waals surface area contributed by atoms with Crippen molar-refractivity contribution in [2.75, 3.05) is 5.43 Å². The minimum Gasteiger partial charge on any atom is -0.321 e. The summed E-state index contributed by atoms with van der Waals surface area (Å²) in [5.74, 6) is 5.16. The fourth-order valence-electron chi connectivity index (χ4n) is 0.741. The van der Waals surface area contributed by atoms with Gasteiger partial charge in [0.05, 0.1) is 11.4 Å². The molecule has 9 heavy (non-hydrogen) atoms. The van der Waals surface area contributed by atoms with Gasteiger partial charge in [-0.1, -0.05) is 0 Å². The molecule has 0 aliphatic rings. The second-order valence-electron chi connectivity index (χ2n) is 1.95. The first-order valence-corrected chi connectivity index (χ1v) is 2.71. The minimum absolute atomic E-state index is 0.873. The van der Waals surface area contributed by atoms with E-state index in [4.69, 9.17) is 5.84 Å². The second kappa shape index (κ2) is 2.06. The Balaban J connectivity index is 3.01. The number of nitrogens with two attached hydrogens (primary N) is 1. The highest BCUT2D eigenvalue weighted by Crippen LogP contribution is 2.07. The molecule has 0 spiro atoms. The van der Waals surface area contributed by atoms with Gasteiger partial charge in [0.15, 0.2) is 0 Å². The van der Waals surface area contributed by atoms with E-state index in [1.165, 1.54) is 0 Å². The molecule has 1 rings (SSSR count). The summed E-state index contributed by atoms with van der Waals surface area (Å²) in [6.45, 7) is 1.90. The molecule has 1 heterocycles. The fourth-order valence-corrected chi connectivity index (χ4v) is 0.741. The van der Waals surface area contributed by atoms with E-state index in [1.807, 2.05) is 20.2 Å². The lowest BCUT2D eigenvalue weighted by molar-refractivity contribution is 0.756. The maximum absolute atomic E-state index is 5.16. The molecule has 4 heteroatoms. The van der Waals surface area contributed by atoms with Crippen LogP contribution >= 0.6 is 0 Å². The molecule has 0 aliphatic heterocycles. The molecule has 0 aromatic carbocycles. The van der Waals surface area contributed by atoms with Crippen molar-refractivity contribution in [3.05, 3.63) is 11.9 Å². The molecule has 4 nitrogen and oxygen atoms in total. The molecule has 0 amide bonds. The number of rotatable bonds is 1. The zero-order chi connectivity index (χ0) is 6.85. The molecule has 0 unspecified atom stereocenters. The number of aromatic nitrogens is 2. The summed E-state index contributed by atoms with van der Waals surface area (Å²) in [6, 6.07) is 0. The normalized spacial score (nSPS) is 9.67. The standard InChI is InChI=1S/C5H10N4/c1-4-5(7-6)3-9(2)8-4/h3,7H,6H2,1-2H3. The van der Waals surface area contributed by atoms with E-state index < -0.39 is 0 Å². The van der Waals surface area contributed by atoms with Gasteiger partial charge in [-0.3, -0.25) is 10.5 Å². The first-order valence-electron chi connectivity index (χ1n) is 2.71. The molecule has 0 radical (unpaired) electrons. The van der Waals surface area contributed by atoms with Gasteiger partial charge >= 0.3 is 0 Å². The predicted octanol–water partition coefficient (Wildman–Crippen LogP) is 0.0141. The molecule has 1 aromatic rings. The fraction of sp³-hybridized carbons (Fsp3) is 0.400.